The van der Waals surface area contributed by atoms with E-state index >= 15 is 0 Å². The maximum Gasteiger partial charge on any atom is 0.203 e. The predicted octanol–water partition coefficient (Wildman–Crippen LogP) is 3.70. The average molecular weight is 332 g/mol. The summed E-state index contributed by atoms with van der Waals surface area (Å²) in [7, 11) is 4.79. The number of rotatable bonds is 10. The van der Waals surface area contributed by atoms with Gasteiger partial charge < -0.3 is 23.7 Å². The molecule has 0 fully saturated rings. The highest BCUT2D eigenvalue weighted by atomic mass is 16.5. The van der Waals surface area contributed by atoms with Crippen LogP contribution >= 0.6 is 0 Å². The van der Waals surface area contributed by atoms with Crippen molar-refractivity contribution in [3.8, 4) is 23.0 Å². The second-order valence-corrected chi connectivity index (χ2v) is 5.10. The molecule has 0 aliphatic rings. The van der Waals surface area contributed by atoms with E-state index in [-0.39, 0.29) is 0 Å². The van der Waals surface area contributed by atoms with E-state index in [4.69, 9.17) is 23.7 Å². The Morgan fingerprint density at radius 3 is 2.04 bits per heavy atom. The van der Waals surface area contributed by atoms with Crippen LogP contribution in [0, 0.1) is 0 Å². The Bertz CT molecular complexity index is 587. The van der Waals surface area contributed by atoms with Crippen molar-refractivity contribution in [1.29, 1.82) is 0 Å². The molecule has 0 aliphatic heterocycles. The van der Waals surface area contributed by atoms with E-state index in [1.54, 1.807) is 21.3 Å². The Labute approximate surface area is 143 Å². The first-order valence-electron chi connectivity index (χ1n) is 7.83. The Morgan fingerprint density at radius 1 is 0.792 bits per heavy atom. The molecule has 0 atom stereocenters. The third-order valence-electron chi connectivity index (χ3n) is 3.44. The van der Waals surface area contributed by atoms with Crippen molar-refractivity contribution < 1.29 is 23.7 Å². The second-order valence-electron chi connectivity index (χ2n) is 5.10. The average Bonchev–Trinajstić information content (AvgIpc) is 2.64. The summed E-state index contributed by atoms with van der Waals surface area (Å²) in [5.41, 5.74) is 0.966. The van der Waals surface area contributed by atoms with Crippen molar-refractivity contribution in [3.05, 3.63) is 48.0 Å². The van der Waals surface area contributed by atoms with Gasteiger partial charge in [-0.15, -0.1) is 0 Å². The maximum absolute atomic E-state index is 5.70. The van der Waals surface area contributed by atoms with Crippen LogP contribution in [0.15, 0.2) is 42.5 Å². The summed E-state index contributed by atoms with van der Waals surface area (Å²) in [5, 5.41) is 0. The lowest BCUT2D eigenvalue weighted by Crippen LogP contribution is -2.04. The molecule has 2 aromatic carbocycles. The molecule has 0 unspecified atom stereocenters. The van der Waals surface area contributed by atoms with E-state index in [1.165, 1.54) is 0 Å². The van der Waals surface area contributed by atoms with Gasteiger partial charge in [0.15, 0.2) is 11.5 Å². The molecule has 0 N–H and O–H groups in total. The molecule has 0 saturated carbocycles. The van der Waals surface area contributed by atoms with Crippen LogP contribution in [-0.4, -0.2) is 34.5 Å². The van der Waals surface area contributed by atoms with Gasteiger partial charge >= 0.3 is 0 Å². The van der Waals surface area contributed by atoms with Crippen LogP contribution in [0.1, 0.15) is 12.0 Å². The molecule has 2 aromatic rings. The van der Waals surface area contributed by atoms with Crippen molar-refractivity contribution in [3.63, 3.8) is 0 Å². The SMILES string of the molecule is COc1cc(COCCCOc2ccccc2)cc(OC)c1OC. The molecule has 24 heavy (non-hydrogen) atoms. The normalized spacial score (nSPS) is 10.3. The van der Waals surface area contributed by atoms with Crippen LogP contribution in [0.3, 0.4) is 0 Å². The van der Waals surface area contributed by atoms with Crippen molar-refractivity contribution in [1.82, 2.24) is 0 Å². The summed E-state index contributed by atoms with van der Waals surface area (Å²) in [6.07, 6.45) is 0.819. The Hall–Kier alpha value is -2.40. The van der Waals surface area contributed by atoms with E-state index < -0.39 is 0 Å². The predicted molar refractivity (Wildman–Crippen MR) is 92.3 cm³/mol. The zero-order valence-corrected chi connectivity index (χ0v) is 14.4. The lowest BCUT2D eigenvalue weighted by atomic mass is 10.2. The summed E-state index contributed by atoms with van der Waals surface area (Å²) in [6.45, 7) is 1.71. The van der Waals surface area contributed by atoms with Crippen molar-refractivity contribution in [2.24, 2.45) is 0 Å². The molecule has 130 valence electrons. The molecule has 0 amide bonds. The van der Waals surface area contributed by atoms with Gasteiger partial charge in [0.1, 0.15) is 5.75 Å². The molecule has 0 aromatic heterocycles. The maximum atomic E-state index is 5.70. The van der Waals surface area contributed by atoms with Crippen molar-refractivity contribution in [2.45, 2.75) is 13.0 Å². The van der Waals surface area contributed by atoms with Crippen LogP contribution in [0.5, 0.6) is 23.0 Å². The van der Waals surface area contributed by atoms with Gasteiger partial charge in [-0.2, -0.15) is 0 Å². The third kappa shape index (κ3) is 5.06. The van der Waals surface area contributed by atoms with Gasteiger partial charge in [-0.05, 0) is 29.8 Å². The lowest BCUT2D eigenvalue weighted by Gasteiger charge is -2.14. The van der Waals surface area contributed by atoms with E-state index in [1.807, 2.05) is 42.5 Å². The molecule has 0 radical (unpaired) electrons. The highest BCUT2D eigenvalue weighted by Crippen LogP contribution is 2.38. The fourth-order valence-corrected chi connectivity index (χ4v) is 2.28. The quantitative estimate of drug-likeness (QED) is 0.621. The lowest BCUT2D eigenvalue weighted by molar-refractivity contribution is 0.107. The monoisotopic (exact) mass is 332 g/mol. The molecule has 0 heterocycles. The highest BCUT2D eigenvalue weighted by molar-refractivity contribution is 5.53. The fraction of sp³-hybridized carbons (Fsp3) is 0.368. The zero-order chi connectivity index (χ0) is 17.2. The molecule has 0 spiro atoms. The van der Waals surface area contributed by atoms with Gasteiger partial charge in [0.25, 0.3) is 0 Å². The van der Waals surface area contributed by atoms with Gasteiger partial charge in [-0.1, -0.05) is 18.2 Å². The standard InChI is InChI=1S/C19H24O5/c1-20-17-12-15(13-18(21-2)19(17)22-3)14-23-10-7-11-24-16-8-5-4-6-9-16/h4-6,8-9,12-13H,7,10-11,14H2,1-3H3. The summed E-state index contributed by atoms with van der Waals surface area (Å²) < 4.78 is 27.3. The minimum absolute atomic E-state index is 0.474. The van der Waals surface area contributed by atoms with Crippen LogP contribution in [0.4, 0.5) is 0 Å². The van der Waals surface area contributed by atoms with Gasteiger partial charge in [0.05, 0.1) is 41.2 Å². The fourth-order valence-electron chi connectivity index (χ4n) is 2.28. The highest BCUT2D eigenvalue weighted by Gasteiger charge is 2.13. The number of ether oxygens (including phenoxy) is 5. The number of para-hydroxylation sites is 1. The summed E-state index contributed by atoms with van der Waals surface area (Å²) in [6, 6.07) is 13.5. The first-order valence-corrected chi connectivity index (χ1v) is 7.83. The van der Waals surface area contributed by atoms with Crippen LogP contribution in [0.2, 0.25) is 0 Å². The van der Waals surface area contributed by atoms with E-state index in [0.717, 1.165) is 17.7 Å². The molecule has 5 nitrogen and oxygen atoms in total. The number of benzene rings is 2. The number of hydrogen-bond donors (Lipinski definition) is 0. The minimum Gasteiger partial charge on any atom is -0.494 e. The molecule has 0 bridgehead atoms. The Morgan fingerprint density at radius 2 is 1.46 bits per heavy atom. The number of hydrogen-bond acceptors (Lipinski definition) is 5. The topological polar surface area (TPSA) is 46.2 Å². The number of methoxy groups -OCH3 is 3. The van der Waals surface area contributed by atoms with E-state index in [0.29, 0.717) is 37.1 Å². The van der Waals surface area contributed by atoms with Crippen molar-refractivity contribution in [2.75, 3.05) is 34.5 Å². The Balaban J connectivity index is 1.77. The van der Waals surface area contributed by atoms with E-state index in [9.17, 15) is 0 Å². The van der Waals surface area contributed by atoms with E-state index in [2.05, 4.69) is 0 Å². The van der Waals surface area contributed by atoms with Gasteiger partial charge in [0.2, 0.25) is 5.75 Å². The van der Waals surface area contributed by atoms with Crippen LogP contribution in [0.25, 0.3) is 0 Å². The largest absolute Gasteiger partial charge is 0.494 e. The molecule has 0 saturated heterocycles. The summed E-state index contributed by atoms with van der Waals surface area (Å²) >= 11 is 0. The zero-order valence-electron chi connectivity index (χ0n) is 14.4. The van der Waals surface area contributed by atoms with Crippen molar-refractivity contribution >= 4 is 0 Å². The smallest absolute Gasteiger partial charge is 0.203 e. The molecule has 0 aliphatic carbocycles. The first-order chi connectivity index (χ1) is 11.8. The van der Waals surface area contributed by atoms with Gasteiger partial charge in [-0.3, -0.25) is 0 Å². The molecular formula is C19H24O5. The Kier molecular flexibility index (Phi) is 7.23. The molecular weight excluding hydrogens is 308 g/mol. The van der Waals surface area contributed by atoms with Crippen LogP contribution < -0.4 is 18.9 Å². The van der Waals surface area contributed by atoms with Gasteiger partial charge in [0, 0.05) is 6.42 Å². The summed E-state index contributed by atoms with van der Waals surface area (Å²) in [4.78, 5) is 0. The first kappa shape index (κ1) is 17.9. The van der Waals surface area contributed by atoms with Gasteiger partial charge in [-0.25, -0.2) is 0 Å². The third-order valence-corrected chi connectivity index (χ3v) is 3.44. The minimum atomic E-state index is 0.474. The molecule has 2 rings (SSSR count). The summed E-state index contributed by atoms with van der Waals surface area (Å²) in [5.74, 6) is 2.72. The second kappa shape index (κ2) is 9.67. The molecule has 5 heteroatoms. The van der Waals surface area contributed by atoms with Crippen LogP contribution in [-0.2, 0) is 11.3 Å².